The maximum Gasteiger partial charge on any atom is 0.139 e. The van der Waals surface area contributed by atoms with Crippen molar-refractivity contribution in [3.63, 3.8) is 0 Å². The average molecular weight is 200 g/mol. The quantitative estimate of drug-likeness (QED) is 0.596. The molecule has 2 heterocycles. The molecule has 2 aliphatic rings. The summed E-state index contributed by atoms with van der Waals surface area (Å²) in [4.78, 5) is 8.85. The van der Waals surface area contributed by atoms with Crippen molar-refractivity contribution in [1.82, 2.24) is 5.32 Å². The van der Waals surface area contributed by atoms with Crippen LogP contribution in [-0.2, 0) is 0 Å². The van der Waals surface area contributed by atoms with Crippen LogP contribution in [0, 0.1) is 0 Å². The van der Waals surface area contributed by atoms with E-state index in [1.807, 2.05) is 6.92 Å². The Morgan fingerprint density at radius 1 is 1.67 bits per heavy atom. The molecule has 3 nitrogen and oxygen atoms in total. The van der Waals surface area contributed by atoms with E-state index in [9.17, 15) is 0 Å². The van der Waals surface area contributed by atoms with Gasteiger partial charge in [0.05, 0.1) is 10.4 Å². The minimum atomic E-state index is -0.0192. The van der Waals surface area contributed by atoms with Crippen molar-refractivity contribution in [3.05, 3.63) is 11.4 Å². The monoisotopic (exact) mass is 199 g/mol. The molecule has 1 atom stereocenters. The molecule has 62 valence electrons. The topological polar surface area (TPSA) is 36.8 Å². The van der Waals surface area contributed by atoms with Gasteiger partial charge >= 0.3 is 0 Å². The van der Waals surface area contributed by atoms with Crippen molar-refractivity contribution in [2.45, 2.75) is 13.1 Å². The Labute approximate surface area is 80.2 Å². The highest BCUT2D eigenvalue weighted by molar-refractivity contribution is 7.82. The van der Waals surface area contributed by atoms with Crippen LogP contribution in [0.3, 0.4) is 0 Å². The van der Waals surface area contributed by atoms with Gasteiger partial charge in [0.15, 0.2) is 0 Å². The smallest absolute Gasteiger partial charge is 0.139 e. The first kappa shape index (κ1) is 7.89. The van der Waals surface area contributed by atoms with Crippen molar-refractivity contribution >= 4 is 40.1 Å². The van der Waals surface area contributed by atoms with Crippen LogP contribution in [-0.4, -0.2) is 22.4 Å². The number of nitrogens with zero attached hydrogens (tertiary/aromatic N) is 2. The van der Waals surface area contributed by atoms with Gasteiger partial charge in [-0.25, -0.2) is 9.98 Å². The maximum absolute atomic E-state index is 5.89. The van der Waals surface area contributed by atoms with Crippen molar-refractivity contribution in [2.75, 3.05) is 0 Å². The van der Waals surface area contributed by atoms with E-state index in [-0.39, 0.29) is 6.17 Å². The second-order valence-corrected chi connectivity index (χ2v) is 3.38. The maximum atomic E-state index is 5.89. The Hall–Kier alpha value is -0.740. The second kappa shape index (κ2) is 2.64. The van der Waals surface area contributed by atoms with Gasteiger partial charge in [0.1, 0.15) is 17.2 Å². The molecule has 2 rings (SSSR count). The molecular formula is C7H6ClN3S. The van der Waals surface area contributed by atoms with Crippen LogP contribution in [0.15, 0.2) is 21.4 Å². The van der Waals surface area contributed by atoms with Gasteiger partial charge in [-0.05, 0) is 6.92 Å². The third-order valence-corrected chi connectivity index (χ3v) is 2.25. The van der Waals surface area contributed by atoms with E-state index in [0.717, 1.165) is 11.4 Å². The highest BCUT2D eigenvalue weighted by Gasteiger charge is 2.25. The number of nitrogens with one attached hydrogen (secondary N) is 1. The van der Waals surface area contributed by atoms with Crippen LogP contribution in [0.25, 0.3) is 0 Å². The predicted molar refractivity (Wildman–Crippen MR) is 54.0 cm³/mol. The average Bonchev–Trinajstić information content (AvgIpc) is 2.31. The van der Waals surface area contributed by atoms with Gasteiger partial charge in [0.25, 0.3) is 0 Å². The fourth-order valence-electron chi connectivity index (χ4n) is 1.14. The summed E-state index contributed by atoms with van der Waals surface area (Å²) in [5.74, 6) is 0.743. The Morgan fingerprint density at radius 2 is 2.42 bits per heavy atom. The molecule has 1 unspecified atom stereocenters. The highest BCUT2D eigenvalue weighted by atomic mass is 35.5. The normalized spacial score (nSPS) is 27.0. The van der Waals surface area contributed by atoms with E-state index in [0.29, 0.717) is 10.0 Å². The number of aliphatic imine (C=N–C) groups is 2. The highest BCUT2D eigenvalue weighted by Crippen LogP contribution is 2.20. The molecule has 0 amide bonds. The van der Waals surface area contributed by atoms with Gasteiger partial charge in [-0.3, -0.25) is 0 Å². The van der Waals surface area contributed by atoms with E-state index in [4.69, 9.17) is 23.8 Å². The molecule has 0 saturated carbocycles. The van der Waals surface area contributed by atoms with Crippen molar-refractivity contribution < 1.29 is 0 Å². The molecule has 5 heteroatoms. The number of halogens is 1. The molecule has 1 N–H and O–H groups in total. The second-order valence-electron chi connectivity index (χ2n) is 2.59. The van der Waals surface area contributed by atoms with Crippen molar-refractivity contribution in [2.24, 2.45) is 9.98 Å². The summed E-state index contributed by atoms with van der Waals surface area (Å²) in [5, 5.41) is 3.52. The van der Waals surface area contributed by atoms with Crippen LogP contribution >= 0.6 is 23.8 Å². The van der Waals surface area contributed by atoms with Gasteiger partial charge in [0, 0.05) is 6.21 Å². The molecule has 0 aliphatic carbocycles. The summed E-state index contributed by atoms with van der Waals surface area (Å²) >= 11 is 10.9. The van der Waals surface area contributed by atoms with Crippen molar-refractivity contribution in [1.29, 1.82) is 0 Å². The SMILES string of the molecule is CC1N=C(Cl)C2=C(N=CC2=S)N1. The molecule has 0 spiro atoms. The summed E-state index contributed by atoms with van der Waals surface area (Å²) in [7, 11) is 0. The summed E-state index contributed by atoms with van der Waals surface area (Å²) in [6.07, 6.45) is 1.59. The molecule has 0 fully saturated rings. The number of thiocarbonyl (C=S) groups is 1. The molecule has 0 saturated heterocycles. The predicted octanol–water partition coefficient (Wildman–Crippen LogP) is 1.24. The van der Waals surface area contributed by atoms with E-state index in [1.165, 1.54) is 0 Å². The lowest BCUT2D eigenvalue weighted by Gasteiger charge is -2.17. The number of hydrogen-bond acceptors (Lipinski definition) is 4. The standard InChI is InChI=1S/C7H6ClN3S/c1-3-10-6(8)5-4(12)2-9-7(5)11-3/h2-3,11H,1H3. The van der Waals surface area contributed by atoms with Crippen LogP contribution in [0.5, 0.6) is 0 Å². The van der Waals surface area contributed by atoms with E-state index in [1.54, 1.807) is 6.21 Å². The zero-order valence-electron chi connectivity index (χ0n) is 6.34. The summed E-state index contributed by atoms with van der Waals surface area (Å²) in [5.41, 5.74) is 0.754. The van der Waals surface area contributed by atoms with Crippen LogP contribution < -0.4 is 5.32 Å². The summed E-state index contributed by atoms with van der Waals surface area (Å²) in [6, 6.07) is 0. The minimum Gasteiger partial charge on any atom is -0.348 e. The number of hydrogen-bond donors (Lipinski definition) is 1. The Morgan fingerprint density at radius 3 is 3.17 bits per heavy atom. The number of allylic oxidation sites excluding steroid dienone is 1. The Bertz CT molecular complexity index is 343. The molecule has 12 heavy (non-hydrogen) atoms. The lowest BCUT2D eigenvalue weighted by Crippen LogP contribution is -2.29. The van der Waals surface area contributed by atoms with Crippen molar-refractivity contribution in [3.8, 4) is 0 Å². The first-order valence-corrected chi connectivity index (χ1v) is 4.30. The molecule has 0 aromatic carbocycles. The van der Waals surface area contributed by atoms with E-state index >= 15 is 0 Å². The molecule has 0 aromatic rings. The lowest BCUT2D eigenvalue weighted by molar-refractivity contribution is 0.632. The molecule has 0 radical (unpaired) electrons. The molecular weight excluding hydrogens is 194 g/mol. The largest absolute Gasteiger partial charge is 0.348 e. The van der Waals surface area contributed by atoms with Crippen LogP contribution in [0.2, 0.25) is 0 Å². The first-order chi connectivity index (χ1) is 5.68. The first-order valence-electron chi connectivity index (χ1n) is 3.51. The van der Waals surface area contributed by atoms with E-state index < -0.39 is 0 Å². The van der Waals surface area contributed by atoms with Gasteiger partial charge < -0.3 is 5.32 Å². The van der Waals surface area contributed by atoms with Crippen LogP contribution in [0.4, 0.5) is 0 Å². The Balaban J connectivity index is 2.46. The minimum absolute atomic E-state index is 0.0192. The third kappa shape index (κ3) is 1.07. The van der Waals surface area contributed by atoms with Gasteiger partial charge in [-0.1, -0.05) is 23.8 Å². The van der Waals surface area contributed by atoms with Gasteiger partial charge in [-0.2, -0.15) is 0 Å². The Kier molecular flexibility index (Phi) is 1.73. The van der Waals surface area contributed by atoms with Gasteiger partial charge in [0.2, 0.25) is 0 Å². The third-order valence-electron chi connectivity index (χ3n) is 1.65. The fourth-order valence-corrected chi connectivity index (χ4v) is 1.78. The molecule has 0 aromatic heterocycles. The summed E-state index contributed by atoms with van der Waals surface area (Å²) in [6.45, 7) is 1.91. The number of rotatable bonds is 0. The summed E-state index contributed by atoms with van der Waals surface area (Å²) < 4.78 is 0. The lowest BCUT2D eigenvalue weighted by atomic mass is 10.2. The molecule has 2 aliphatic heterocycles. The fraction of sp³-hybridized carbons (Fsp3) is 0.286. The van der Waals surface area contributed by atoms with E-state index in [2.05, 4.69) is 15.3 Å². The van der Waals surface area contributed by atoms with Gasteiger partial charge in [-0.15, -0.1) is 0 Å². The van der Waals surface area contributed by atoms with Crippen LogP contribution in [0.1, 0.15) is 6.92 Å². The molecule has 0 bridgehead atoms. The zero-order valence-corrected chi connectivity index (χ0v) is 7.91. The zero-order chi connectivity index (χ0) is 8.72.